The molecule has 0 heterocycles. The van der Waals surface area contributed by atoms with Gasteiger partial charge in [0.05, 0.1) is 10.5 Å². The first-order valence-electron chi connectivity index (χ1n) is 5.11. The summed E-state index contributed by atoms with van der Waals surface area (Å²) in [5.41, 5.74) is 0.182. The molecule has 13 heavy (non-hydrogen) atoms. The molecule has 3 saturated carbocycles. The molecule has 3 aliphatic rings. The molecule has 3 atom stereocenters. The predicted octanol–water partition coefficient (Wildman–Crippen LogP) is 3.21. The van der Waals surface area contributed by atoms with Gasteiger partial charge in [-0.1, -0.05) is 13.8 Å². The molecule has 3 rings (SSSR count). The maximum atomic E-state index is 6.58. The van der Waals surface area contributed by atoms with Gasteiger partial charge in [0.25, 0.3) is 0 Å². The van der Waals surface area contributed by atoms with Crippen LogP contribution < -0.4 is 0 Å². The van der Waals surface area contributed by atoms with E-state index in [1.165, 1.54) is 6.42 Å². The molecule has 0 aliphatic heterocycles. The summed E-state index contributed by atoms with van der Waals surface area (Å²) in [4.78, 5) is -0.167. The minimum atomic E-state index is -0.167. The highest BCUT2D eigenvalue weighted by atomic mass is 35.5. The van der Waals surface area contributed by atoms with Gasteiger partial charge in [0, 0.05) is 7.11 Å². The first-order chi connectivity index (χ1) is 5.87. The van der Waals surface area contributed by atoms with Gasteiger partial charge in [0.2, 0.25) is 0 Å². The van der Waals surface area contributed by atoms with Gasteiger partial charge in [0.15, 0.2) is 0 Å². The summed E-state index contributed by atoms with van der Waals surface area (Å²) in [6.07, 6.45) is 3.51. The fraction of sp³-hybridized carbons (Fsp3) is 1.00. The molecule has 76 valence electrons. The number of rotatable bonds is 1. The number of ether oxygens (including phenoxy) is 1. The monoisotopic (exact) mass is 202 g/mol. The molecule has 2 heteroatoms. The van der Waals surface area contributed by atoms with E-state index in [1.807, 2.05) is 7.11 Å². The van der Waals surface area contributed by atoms with Crippen molar-refractivity contribution in [3.63, 3.8) is 0 Å². The van der Waals surface area contributed by atoms with Crippen molar-refractivity contribution in [3.8, 4) is 0 Å². The van der Waals surface area contributed by atoms with E-state index < -0.39 is 0 Å². The lowest BCUT2D eigenvalue weighted by molar-refractivity contribution is -0.257. The normalized spacial score (nSPS) is 52.8. The SMILES string of the molecule is COC12CC(CCC1(C)Cl)C2(C)C. The van der Waals surface area contributed by atoms with Crippen LogP contribution in [0.2, 0.25) is 0 Å². The minimum absolute atomic E-state index is 0.0789. The highest BCUT2D eigenvalue weighted by Crippen LogP contribution is 2.68. The minimum Gasteiger partial charge on any atom is -0.376 e. The van der Waals surface area contributed by atoms with Gasteiger partial charge in [-0.2, -0.15) is 0 Å². The number of hydrogen-bond acceptors (Lipinski definition) is 1. The fourth-order valence-electron chi connectivity index (χ4n) is 3.62. The van der Waals surface area contributed by atoms with Crippen LogP contribution in [0.25, 0.3) is 0 Å². The summed E-state index contributed by atoms with van der Waals surface area (Å²) in [6, 6.07) is 0. The zero-order valence-corrected chi connectivity index (χ0v) is 9.74. The maximum Gasteiger partial charge on any atom is 0.0922 e. The molecule has 3 aliphatic carbocycles. The smallest absolute Gasteiger partial charge is 0.0922 e. The molecule has 0 radical (unpaired) electrons. The van der Waals surface area contributed by atoms with Crippen molar-refractivity contribution in [2.75, 3.05) is 7.11 Å². The van der Waals surface area contributed by atoms with Crippen molar-refractivity contribution in [2.24, 2.45) is 11.3 Å². The molecule has 2 bridgehead atoms. The van der Waals surface area contributed by atoms with Crippen molar-refractivity contribution in [1.82, 2.24) is 0 Å². The Labute approximate surface area is 85.8 Å². The quantitative estimate of drug-likeness (QED) is 0.594. The Balaban J connectivity index is 2.38. The van der Waals surface area contributed by atoms with E-state index >= 15 is 0 Å². The van der Waals surface area contributed by atoms with Crippen LogP contribution in [0.1, 0.15) is 40.0 Å². The van der Waals surface area contributed by atoms with E-state index in [1.54, 1.807) is 0 Å². The molecule has 0 aromatic heterocycles. The zero-order valence-electron chi connectivity index (χ0n) is 8.98. The van der Waals surface area contributed by atoms with Crippen LogP contribution in [0.5, 0.6) is 0 Å². The molecule has 0 saturated heterocycles. The topological polar surface area (TPSA) is 9.23 Å². The van der Waals surface area contributed by atoms with Crippen molar-refractivity contribution >= 4 is 11.6 Å². The molecular formula is C11H19ClO. The number of halogens is 1. The molecular weight excluding hydrogens is 184 g/mol. The van der Waals surface area contributed by atoms with Gasteiger partial charge in [0.1, 0.15) is 0 Å². The van der Waals surface area contributed by atoms with Gasteiger partial charge in [-0.25, -0.2) is 0 Å². The second-order valence-corrected chi connectivity index (χ2v) is 6.22. The fourth-order valence-corrected chi connectivity index (χ4v) is 4.12. The first-order valence-corrected chi connectivity index (χ1v) is 5.49. The lowest BCUT2D eigenvalue weighted by Gasteiger charge is -2.70. The zero-order chi connectivity index (χ0) is 9.91. The van der Waals surface area contributed by atoms with E-state index in [4.69, 9.17) is 16.3 Å². The van der Waals surface area contributed by atoms with Crippen molar-refractivity contribution in [2.45, 2.75) is 50.5 Å². The van der Waals surface area contributed by atoms with Crippen molar-refractivity contribution < 1.29 is 4.74 Å². The molecule has 3 unspecified atom stereocenters. The molecule has 3 fully saturated rings. The average molecular weight is 203 g/mol. The summed E-state index contributed by atoms with van der Waals surface area (Å²) in [5.74, 6) is 0.819. The summed E-state index contributed by atoms with van der Waals surface area (Å²) < 4.78 is 5.74. The lowest BCUT2D eigenvalue weighted by atomic mass is 9.42. The average Bonchev–Trinajstić information content (AvgIpc) is 2.02. The highest BCUT2D eigenvalue weighted by molar-refractivity contribution is 6.24. The maximum absolute atomic E-state index is 6.58. The number of hydrogen-bond donors (Lipinski definition) is 0. The largest absolute Gasteiger partial charge is 0.376 e. The highest BCUT2D eigenvalue weighted by Gasteiger charge is 2.70. The molecule has 1 nitrogen and oxygen atoms in total. The van der Waals surface area contributed by atoms with E-state index in [-0.39, 0.29) is 15.9 Å². The van der Waals surface area contributed by atoms with E-state index in [0.717, 1.165) is 18.8 Å². The second-order valence-electron chi connectivity index (χ2n) is 5.39. The first kappa shape index (κ1) is 9.79. The molecule has 0 spiro atoms. The van der Waals surface area contributed by atoms with Crippen LogP contribution in [-0.4, -0.2) is 17.6 Å². The lowest BCUT2D eigenvalue weighted by Crippen LogP contribution is -2.73. The van der Waals surface area contributed by atoms with Crippen LogP contribution in [0.4, 0.5) is 0 Å². The Hall–Kier alpha value is 0.250. The van der Waals surface area contributed by atoms with Gasteiger partial charge >= 0.3 is 0 Å². The van der Waals surface area contributed by atoms with E-state index in [2.05, 4.69) is 20.8 Å². The number of fused-ring (bicyclic) bond motifs is 2. The van der Waals surface area contributed by atoms with Crippen LogP contribution in [0.15, 0.2) is 0 Å². The second kappa shape index (κ2) is 2.43. The summed E-state index contributed by atoms with van der Waals surface area (Å²) >= 11 is 6.58. The Morgan fingerprint density at radius 2 is 1.92 bits per heavy atom. The Kier molecular flexibility index (Phi) is 1.83. The van der Waals surface area contributed by atoms with Gasteiger partial charge in [-0.3, -0.25) is 0 Å². The Bertz CT molecular complexity index is 224. The molecule has 0 aromatic carbocycles. The third-order valence-corrected chi connectivity index (χ3v) is 5.24. The number of methoxy groups -OCH3 is 1. The van der Waals surface area contributed by atoms with Gasteiger partial charge in [-0.15, -0.1) is 11.6 Å². The Morgan fingerprint density at radius 1 is 1.31 bits per heavy atom. The summed E-state index contributed by atoms with van der Waals surface area (Å²) in [7, 11) is 1.81. The van der Waals surface area contributed by atoms with Gasteiger partial charge in [-0.05, 0) is 37.5 Å². The van der Waals surface area contributed by atoms with Gasteiger partial charge < -0.3 is 4.74 Å². The van der Waals surface area contributed by atoms with Crippen LogP contribution in [-0.2, 0) is 4.74 Å². The summed E-state index contributed by atoms with van der Waals surface area (Å²) in [5, 5.41) is 0. The Morgan fingerprint density at radius 3 is 2.23 bits per heavy atom. The standard InChI is InChI=1S/C11H19ClO/c1-9(2)8-5-6-10(3,12)11(9,7-8)13-4/h8H,5-7H2,1-4H3. The number of alkyl halides is 1. The summed E-state index contributed by atoms with van der Waals surface area (Å²) in [6.45, 7) is 6.73. The van der Waals surface area contributed by atoms with Crippen LogP contribution in [0, 0.1) is 11.3 Å². The molecule has 0 aromatic rings. The van der Waals surface area contributed by atoms with Crippen molar-refractivity contribution in [1.29, 1.82) is 0 Å². The predicted molar refractivity (Wildman–Crippen MR) is 55.1 cm³/mol. The van der Waals surface area contributed by atoms with E-state index in [0.29, 0.717) is 0 Å². The van der Waals surface area contributed by atoms with Crippen LogP contribution in [0.3, 0.4) is 0 Å². The molecule has 0 amide bonds. The van der Waals surface area contributed by atoms with Crippen LogP contribution >= 0.6 is 11.6 Å². The van der Waals surface area contributed by atoms with Crippen molar-refractivity contribution in [3.05, 3.63) is 0 Å². The van der Waals surface area contributed by atoms with E-state index in [9.17, 15) is 0 Å². The third-order valence-electron chi connectivity index (χ3n) is 4.75. The third kappa shape index (κ3) is 0.880. The molecule has 0 N–H and O–H groups in total.